The SMILES string of the molecule is COc1cc(NC(=O)N[C@@H](C)c2ncnn2-c2ncccn2)c(OC)cc1Cl. The van der Waals surface area contributed by atoms with Crippen molar-refractivity contribution in [1.82, 2.24) is 30.0 Å². The molecule has 0 radical (unpaired) electrons. The molecule has 0 saturated heterocycles. The maximum absolute atomic E-state index is 12.5. The van der Waals surface area contributed by atoms with Gasteiger partial charge in [0.25, 0.3) is 5.95 Å². The van der Waals surface area contributed by atoms with Crippen LogP contribution in [-0.2, 0) is 0 Å². The van der Waals surface area contributed by atoms with Crippen LogP contribution < -0.4 is 20.1 Å². The fraction of sp³-hybridized carbons (Fsp3) is 0.235. The summed E-state index contributed by atoms with van der Waals surface area (Å²) >= 11 is 6.08. The van der Waals surface area contributed by atoms with E-state index >= 15 is 0 Å². The maximum Gasteiger partial charge on any atom is 0.319 e. The Kier molecular flexibility index (Phi) is 5.90. The van der Waals surface area contributed by atoms with Gasteiger partial charge in [-0.25, -0.2) is 19.7 Å². The second-order valence-corrected chi connectivity index (χ2v) is 5.99. The molecule has 3 rings (SSSR count). The summed E-state index contributed by atoms with van der Waals surface area (Å²) in [7, 11) is 2.96. The first kappa shape index (κ1) is 19.4. The smallest absolute Gasteiger partial charge is 0.319 e. The van der Waals surface area contributed by atoms with Crippen LogP contribution in [-0.4, -0.2) is 45.0 Å². The van der Waals surface area contributed by atoms with Crippen molar-refractivity contribution < 1.29 is 14.3 Å². The van der Waals surface area contributed by atoms with E-state index in [4.69, 9.17) is 21.1 Å². The third-order valence-electron chi connectivity index (χ3n) is 3.77. The summed E-state index contributed by atoms with van der Waals surface area (Å²) in [5, 5.41) is 9.99. The molecule has 2 N–H and O–H groups in total. The normalized spacial score (nSPS) is 11.6. The van der Waals surface area contributed by atoms with Crippen molar-refractivity contribution in [2.24, 2.45) is 0 Å². The van der Waals surface area contributed by atoms with Crippen LogP contribution >= 0.6 is 11.6 Å². The summed E-state index contributed by atoms with van der Waals surface area (Å²) in [5.74, 6) is 1.64. The van der Waals surface area contributed by atoms with Gasteiger partial charge in [-0.05, 0) is 13.0 Å². The largest absolute Gasteiger partial charge is 0.495 e. The van der Waals surface area contributed by atoms with Crippen molar-refractivity contribution in [3.63, 3.8) is 0 Å². The third-order valence-corrected chi connectivity index (χ3v) is 4.07. The van der Waals surface area contributed by atoms with E-state index in [9.17, 15) is 4.79 Å². The van der Waals surface area contributed by atoms with Gasteiger partial charge in [0.2, 0.25) is 0 Å². The molecule has 0 spiro atoms. The number of halogens is 1. The molecule has 2 heterocycles. The predicted octanol–water partition coefficient (Wildman–Crippen LogP) is 2.61. The summed E-state index contributed by atoms with van der Waals surface area (Å²) in [4.78, 5) is 24.9. The molecule has 0 aliphatic carbocycles. The zero-order chi connectivity index (χ0) is 20.1. The highest BCUT2D eigenvalue weighted by Crippen LogP contribution is 2.35. The van der Waals surface area contributed by atoms with Crippen molar-refractivity contribution >= 4 is 23.3 Å². The van der Waals surface area contributed by atoms with Crippen molar-refractivity contribution in [3.05, 3.63) is 47.8 Å². The first-order valence-electron chi connectivity index (χ1n) is 8.19. The second kappa shape index (κ2) is 8.53. The molecule has 0 aliphatic heterocycles. The number of aromatic nitrogens is 5. The van der Waals surface area contributed by atoms with Crippen LogP contribution in [0.1, 0.15) is 18.8 Å². The summed E-state index contributed by atoms with van der Waals surface area (Å²) < 4.78 is 11.9. The van der Waals surface area contributed by atoms with E-state index in [2.05, 4.69) is 30.7 Å². The first-order chi connectivity index (χ1) is 13.5. The summed E-state index contributed by atoms with van der Waals surface area (Å²) in [6, 6.07) is 3.88. The minimum atomic E-state index is -0.480. The highest BCUT2D eigenvalue weighted by molar-refractivity contribution is 6.32. The van der Waals surface area contributed by atoms with Gasteiger partial charge in [0.15, 0.2) is 5.82 Å². The lowest BCUT2D eigenvalue weighted by Gasteiger charge is -2.16. The van der Waals surface area contributed by atoms with Gasteiger partial charge in [-0.2, -0.15) is 9.78 Å². The number of hydrogen-bond donors (Lipinski definition) is 2. The van der Waals surface area contributed by atoms with Gasteiger partial charge >= 0.3 is 6.03 Å². The van der Waals surface area contributed by atoms with Crippen molar-refractivity contribution in [2.75, 3.05) is 19.5 Å². The molecule has 2 aromatic heterocycles. The fourth-order valence-electron chi connectivity index (χ4n) is 2.48. The number of hydrogen-bond acceptors (Lipinski definition) is 7. The number of nitrogens with zero attached hydrogens (tertiary/aromatic N) is 5. The van der Waals surface area contributed by atoms with E-state index in [1.54, 1.807) is 37.5 Å². The molecule has 0 bridgehead atoms. The number of methoxy groups -OCH3 is 2. The number of nitrogens with one attached hydrogen (secondary N) is 2. The molecule has 11 heteroatoms. The molecule has 0 fully saturated rings. The number of rotatable bonds is 6. The highest BCUT2D eigenvalue weighted by Gasteiger charge is 2.19. The van der Waals surface area contributed by atoms with E-state index in [0.29, 0.717) is 34.0 Å². The Morgan fingerprint density at radius 1 is 1.14 bits per heavy atom. The van der Waals surface area contributed by atoms with Crippen LogP contribution in [0, 0.1) is 0 Å². The average molecular weight is 404 g/mol. The summed E-state index contributed by atoms with van der Waals surface area (Å²) in [5.41, 5.74) is 0.404. The van der Waals surface area contributed by atoms with Gasteiger partial charge < -0.3 is 20.1 Å². The zero-order valence-corrected chi connectivity index (χ0v) is 16.1. The minimum Gasteiger partial charge on any atom is -0.495 e. The second-order valence-electron chi connectivity index (χ2n) is 5.59. The Balaban J connectivity index is 1.75. The number of anilines is 1. The van der Waals surface area contributed by atoms with E-state index < -0.39 is 12.1 Å². The van der Waals surface area contributed by atoms with E-state index in [1.165, 1.54) is 25.2 Å². The first-order valence-corrected chi connectivity index (χ1v) is 8.57. The molecule has 2 amide bonds. The number of carbonyl (C=O) groups excluding carboxylic acids is 1. The quantitative estimate of drug-likeness (QED) is 0.649. The molecular formula is C17H18ClN7O3. The molecule has 0 aliphatic rings. The van der Waals surface area contributed by atoms with Crippen LogP contribution in [0.3, 0.4) is 0 Å². The van der Waals surface area contributed by atoms with Crippen LogP contribution in [0.2, 0.25) is 5.02 Å². The molecule has 3 aromatic rings. The summed E-state index contributed by atoms with van der Waals surface area (Å²) in [6.07, 6.45) is 4.56. The monoisotopic (exact) mass is 403 g/mol. The van der Waals surface area contributed by atoms with Gasteiger partial charge in [0.1, 0.15) is 17.8 Å². The number of amides is 2. The van der Waals surface area contributed by atoms with Gasteiger partial charge in [0.05, 0.1) is 31.0 Å². The van der Waals surface area contributed by atoms with Gasteiger partial charge in [-0.15, -0.1) is 0 Å². The van der Waals surface area contributed by atoms with E-state index in [-0.39, 0.29) is 0 Å². The van der Waals surface area contributed by atoms with Crippen LogP contribution in [0.4, 0.5) is 10.5 Å². The van der Waals surface area contributed by atoms with Crippen LogP contribution in [0.15, 0.2) is 36.9 Å². The zero-order valence-electron chi connectivity index (χ0n) is 15.4. The number of benzene rings is 1. The van der Waals surface area contributed by atoms with Crippen molar-refractivity contribution in [3.8, 4) is 17.4 Å². The molecule has 28 heavy (non-hydrogen) atoms. The topological polar surface area (TPSA) is 116 Å². The Morgan fingerprint density at radius 2 is 1.86 bits per heavy atom. The Bertz CT molecular complexity index is 965. The lowest BCUT2D eigenvalue weighted by atomic mass is 10.2. The Labute approximate surface area is 165 Å². The summed E-state index contributed by atoms with van der Waals surface area (Å²) in [6.45, 7) is 1.77. The number of carbonyl (C=O) groups is 1. The van der Waals surface area contributed by atoms with Crippen LogP contribution in [0.5, 0.6) is 11.5 Å². The molecule has 0 unspecified atom stereocenters. The fourth-order valence-corrected chi connectivity index (χ4v) is 2.71. The highest BCUT2D eigenvalue weighted by atomic mass is 35.5. The number of ether oxygens (including phenoxy) is 2. The van der Waals surface area contributed by atoms with E-state index in [0.717, 1.165) is 0 Å². The third kappa shape index (κ3) is 4.12. The Hall–Kier alpha value is -3.40. The average Bonchev–Trinajstić information content (AvgIpc) is 3.19. The molecular weight excluding hydrogens is 386 g/mol. The molecule has 10 nitrogen and oxygen atoms in total. The molecule has 146 valence electrons. The minimum absolute atomic E-state index is 0.355. The lowest BCUT2D eigenvalue weighted by molar-refractivity contribution is 0.248. The van der Waals surface area contributed by atoms with E-state index in [1.807, 2.05) is 0 Å². The predicted molar refractivity (Wildman–Crippen MR) is 102 cm³/mol. The lowest BCUT2D eigenvalue weighted by Crippen LogP contribution is -2.32. The standard InChI is InChI=1S/C17H18ClN7O3/c1-10(15-21-9-22-25(15)16-19-5-4-6-20-16)23-17(26)24-12-8-13(27-2)11(18)7-14(12)28-3/h4-10H,1-3H3,(H2,23,24,26)/t10-/m0/s1. The maximum atomic E-state index is 12.5. The molecule has 1 atom stereocenters. The van der Waals surface area contributed by atoms with Crippen LogP contribution in [0.25, 0.3) is 5.95 Å². The molecule has 1 aromatic carbocycles. The van der Waals surface area contributed by atoms with Gasteiger partial charge in [0, 0.05) is 24.5 Å². The number of urea groups is 1. The van der Waals surface area contributed by atoms with Crippen molar-refractivity contribution in [2.45, 2.75) is 13.0 Å². The van der Waals surface area contributed by atoms with Gasteiger partial charge in [-0.1, -0.05) is 11.6 Å². The molecule has 0 saturated carbocycles. The Morgan fingerprint density at radius 3 is 2.54 bits per heavy atom. The van der Waals surface area contributed by atoms with Crippen molar-refractivity contribution in [1.29, 1.82) is 0 Å². The van der Waals surface area contributed by atoms with Gasteiger partial charge in [-0.3, -0.25) is 0 Å².